The van der Waals surface area contributed by atoms with Gasteiger partial charge in [0.15, 0.2) is 0 Å². The van der Waals surface area contributed by atoms with E-state index in [2.05, 4.69) is 28.3 Å². The zero-order valence-corrected chi connectivity index (χ0v) is 6.30. The van der Waals surface area contributed by atoms with Crippen LogP contribution >= 0.6 is 9.24 Å². The molecule has 1 unspecified atom stereocenters. The van der Waals surface area contributed by atoms with E-state index in [-0.39, 0.29) is 0 Å². The lowest BCUT2D eigenvalue weighted by atomic mass is 10.1. The average Bonchev–Trinajstić information content (AvgIpc) is 1.77. The maximum atomic E-state index is 2.74. The van der Waals surface area contributed by atoms with E-state index in [1.807, 2.05) is 0 Å². The Hall–Kier alpha value is -0.0900. The van der Waals surface area contributed by atoms with E-state index in [0.717, 1.165) is 0 Å². The van der Waals surface area contributed by atoms with Gasteiger partial charge >= 0.3 is 0 Å². The van der Waals surface area contributed by atoms with E-state index in [0.29, 0.717) is 0 Å². The molecule has 8 heavy (non-hydrogen) atoms. The molecule has 0 spiro atoms. The molecule has 0 aliphatic heterocycles. The summed E-state index contributed by atoms with van der Waals surface area (Å²) in [6.07, 6.45) is 6.83. The standard InChI is InChI=1S/C7H11P/c1-6-2-4-7(8)5-3-6/h2,4H,3,5,8H2,1H3. The van der Waals surface area contributed by atoms with Crippen LogP contribution in [-0.4, -0.2) is 0 Å². The Morgan fingerprint density at radius 3 is 2.50 bits per heavy atom. The van der Waals surface area contributed by atoms with Gasteiger partial charge in [-0.25, -0.2) is 0 Å². The Kier molecular flexibility index (Phi) is 1.85. The molecule has 44 valence electrons. The van der Waals surface area contributed by atoms with Crippen molar-refractivity contribution < 1.29 is 0 Å². The largest absolute Gasteiger partial charge is 0.110 e. The average molecular weight is 126 g/mol. The van der Waals surface area contributed by atoms with E-state index in [9.17, 15) is 0 Å². The summed E-state index contributed by atoms with van der Waals surface area (Å²) in [6.45, 7) is 2.17. The smallest absolute Gasteiger partial charge is 0.0242 e. The SMILES string of the molecule is CC1=CC=C(P)CC1. The van der Waals surface area contributed by atoms with E-state index in [1.165, 1.54) is 23.7 Å². The molecule has 1 atom stereocenters. The fraction of sp³-hybridized carbons (Fsp3) is 0.429. The first-order valence-corrected chi connectivity index (χ1v) is 3.48. The molecular weight excluding hydrogens is 115 g/mol. The molecular formula is C7H11P. The Bertz CT molecular complexity index is 124. The van der Waals surface area contributed by atoms with Crippen molar-refractivity contribution in [2.75, 3.05) is 0 Å². The van der Waals surface area contributed by atoms with Crippen molar-refractivity contribution in [3.63, 3.8) is 0 Å². The quantitative estimate of drug-likeness (QED) is 0.437. The van der Waals surface area contributed by atoms with Gasteiger partial charge in [0.1, 0.15) is 0 Å². The molecule has 0 amide bonds. The van der Waals surface area contributed by atoms with Gasteiger partial charge in [-0.3, -0.25) is 0 Å². The summed E-state index contributed by atoms with van der Waals surface area (Å²) in [4.78, 5) is 0. The molecule has 1 rings (SSSR count). The Morgan fingerprint density at radius 1 is 1.38 bits per heavy atom. The van der Waals surface area contributed by atoms with E-state index >= 15 is 0 Å². The van der Waals surface area contributed by atoms with E-state index < -0.39 is 0 Å². The topological polar surface area (TPSA) is 0 Å². The minimum Gasteiger partial charge on any atom is -0.110 e. The van der Waals surface area contributed by atoms with Crippen LogP contribution in [0, 0.1) is 0 Å². The van der Waals surface area contributed by atoms with Gasteiger partial charge in [-0.1, -0.05) is 23.0 Å². The van der Waals surface area contributed by atoms with Crippen LogP contribution in [0.5, 0.6) is 0 Å². The van der Waals surface area contributed by atoms with Gasteiger partial charge in [-0.15, -0.1) is 9.24 Å². The van der Waals surface area contributed by atoms with Gasteiger partial charge in [-0.2, -0.15) is 0 Å². The maximum Gasteiger partial charge on any atom is -0.0242 e. The Balaban J connectivity index is 2.65. The molecule has 0 aromatic heterocycles. The van der Waals surface area contributed by atoms with Crippen LogP contribution in [0.15, 0.2) is 23.0 Å². The molecule has 0 heterocycles. The van der Waals surface area contributed by atoms with Crippen LogP contribution in [0.25, 0.3) is 0 Å². The molecule has 0 saturated heterocycles. The van der Waals surface area contributed by atoms with Crippen LogP contribution < -0.4 is 0 Å². The van der Waals surface area contributed by atoms with Crippen molar-refractivity contribution in [1.29, 1.82) is 0 Å². The molecule has 0 nitrogen and oxygen atoms in total. The van der Waals surface area contributed by atoms with Crippen LogP contribution in [0.3, 0.4) is 0 Å². The summed E-state index contributed by atoms with van der Waals surface area (Å²) in [7, 11) is 2.74. The summed E-state index contributed by atoms with van der Waals surface area (Å²) in [6, 6.07) is 0. The highest BCUT2D eigenvalue weighted by atomic mass is 31.0. The summed E-state index contributed by atoms with van der Waals surface area (Å²) >= 11 is 0. The van der Waals surface area contributed by atoms with Gasteiger partial charge in [0, 0.05) is 0 Å². The van der Waals surface area contributed by atoms with Crippen LogP contribution in [-0.2, 0) is 0 Å². The molecule has 0 aromatic carbocycles. The molecule has 1 heteroatoms. The third-order valence-corrected chi connectivity index (χ3v) is 1.87. The third kappa shape index (κ3) is 1.45. The van der Waals surface area contributed by atoms with Crippen molar-refractivity contribution in [3.05, 3.63) is 23.0 Å². The molecule has 1 aliphatic carbocycles. The van der Waals surface area contributed by atoms with Gasteiger partial charge in [0.2, 0.25) is 0 Å². The molecule has 0 radical (unpaired) electrons. The number of hydrogen-bond donors (Lipinski definition) is 0. The van der Waals surface area contributed by atoms with Crippen LogP contribution in [0.2, 0.25) is 0 Å². The van der Waals surface area contributed by atoms with Crippen molar-refractivity contribution >= 4 is 9.24 Å². The first kappa shape index (κ1) is 6.04. The summed E-state index contributed by atoms with van der Waals surface area (Å²) in [5, 5.41) is 1.43. The molecule has 0 N–H and O–H groups in total. The second kappa shape index (κ2) is 2.46. The zero-order valence-electron chi connectivity index (χ0n) is 5.15. The Morgan fingerprint density at radius 2 is 2.12 bits per heavy atom. The van der Waals surface area contributed by atoms with Crippen molar-refractivity contribution in [2.45, 2.75) is 19.8 Å². The summed E-state index contributed by atoms with van der Waals surface area (Å²) in [5.41, 5.74) is 1.50. The monoisotopic (exact) mass is 126 g/mol. The van der Waals surface area contributed by atoms with Gasteiger partial charge in [-0.05, 0) is 19.8 Å². The highest BCUT2D eigenvalue weighted by Gasteiger charge is 1.95. The minimum absolute atomic E-state index is 1.23. The molecule has 0 saturated carbocycles. The maximum absolute atomic E-state index is 2.74. The van der Waals surface area contributed by atoms with Gasteiger partial charge in [0.05, 0.1) is 0 Å². The lowest BCUT2D eigenvalue weighted by Crippen LogP contribution is -1.83. The fourth-order valence-electron chi connectivity index (χ4n) is 0.757. The summed E-state index contributed by atoms with van der Waals surface area (Å²) in [5.74, 6) is 0. The lowest BCUT2D eigenvalue weighted by molar-refractivity contribution is 0.950. The first-order chi connectivity index (χ1) is 3.79. The van der Waals surface area contributed by atoms with E-state index in [4.69, 9.17) is 0 Å². The molecule has 0 fully saturated rings. The minimum atomic E-state index is 1.23. The van der Waals surface area contributed by atoms with Crippen molar-refractivity contribution in [1.82, 2.24) is 0 Å². The summed E-state index contributed by atoms with van der Waals surface area (Å²) < 4.78 is 0. The lowest BCUT2D eigenvalue weighted by Gasteiger charge is -2.05. The number of rotatable bonds is 0. The van der Waals surface area contributed by atoms with Gasteiger partial charge in [0.25, 0.3) is 0 Å². The second-order valence-corrected chi connectivity index (χ2v) is 3.00. The Labute approximate surface area is 52.9 Å². The zero-order chi connectivity index (χ0) is 5.98. The van der Waals surface area contributed by atoms with Crippen molar-refractivity contribution in [3.8, 4) is 0 Å². The fourth-order valence-corrected chi connectivity index (χ4v) is 0.998. The second-order valence-electron chi connectivity index (χ2n) is 2.25. The van der Waals surface area contributed by atoms with E-state index in [1.54, 1.807) is 0 Å². The predicted octanol–water partition coefficient (Wildman–Crippen LogP) is 2.49. The molecule has 0 bridgehead atoms. The number of allylic oxidation sites excluding steroid dienone is 4. The predicted molar refractivity (Wildman–Crippen MR) is 40.8 cm³/mol. The number of hydrogen-bond acceptors (Lipinski definition) is 0. The highest BCUT2D eigenvalue weighted by Crippen LogP contribution is 2.21. The molecule has 0 aromatic rings. The van der Waals surface area contributed by atoms with Crippen LogP contribution in [0.4, 0.5) is 0 Å². The highest BCUT2D eigenvalue weighted by molar-refractivity contribution is 7.22. The third-order valence-electron chi connectivity index (χ3n) is 1.39. The first-order valence-electron chi connectivity index (χ1n) is 2.91. The van der Waals surface area contributed by atoms with Crippen molar-refractivity contribution in [2.24, 2.45) is 0 Å². The van der Waals surface area contributed by atoms with Gasteiger partial charge < -0.3 is 0 Å². The normalized spacial score (nSPS) is 19.8. The molecule has 1 aliphatic rings. The van der Waals surface area contributed by atoms with Crippen LogP contribution in [0.1, 0.15) is 19.8 Å².